The van der Waals surface area contributed by atoms with Gasteiger partial charge in [0.2, 0.25) is 5.95 Å². The van der Waals surface area contributed by atoms with Crippen LogP contribution in [0.3, 0.4) is 0 Å². The SMILES string of the molecule is COc1ccc(C2CC(c3ccc(C(C)C)cc3)Nc3nnnn32)cc1OC. The number of ether oxygens (including phenoxy) is 2. The summed E-state index contributed by atoms with van der Waals surface area (Å²) in [5.74, 6) is 2.59. The summed E-state index contributed by atoms with van der Waals surface area (Å²) < 4.78 is 12.7. The maximum atomic E-state index is 5.48. The third-order valence-electron chi connectivity index (χ3n) is 5.35. The molecule has 0 fully saturated rings. The molecule has 1 N–H and O–H groups in total. The largest absolute Gasteiger partial charge is 0.493 e. The second-order valence-electron chi connectivity index (χ2n) is 7.33. The van der Waals surface area contributed by atoms with Gasteiger partial charge >= 0.3 is 0 Å². The van der Waals surface area contributed by atoms with Crippen LogP contribution in [0.25, 0.3) is 0 Å². The Morgan fingerprint density at radius 3 is 2.39 bits per heavy atom. The number of nitrogens with one attached hydrogen (secondary N) is 1. The number of methoxy groups -OCH3 is 2. The maximum Gasteiger partial charge on any atom is 0.243 e. The molecule has 146 valence electrons. The number of nitrogens with zero attached hydrogens (tertiary/aromatic N) is 4. The van der Waals surface area contributed by atoms with Gasteiger partial charge in [0.1, 0.15) is 0 Å². The van der Waals surface area contributed by atoms with Gasteiger partial charge in [-0.15, -0.1) is 0 Å². The summed E-state index contributed by atoms with van der Waals surface area (Å²) in [6.07, 6.45) is 0.828. The summed E-state index contributed by atoms with van der Waals surface area (Å²) in [7, 11) is 3.28. The molecule has 0 spiro atoms. The van der Waals surface area contributed by atoms with Gasteiger partial charge in [-0.1, -0.05) is 49.3 Å². The number of hydrogen-bond acceptors (Lipinski definition) is 6. The predicted octanol–water partition coefficient (Wildman–Crippen LogP) is 3.96. The van der Waals surface area contributed by atoms with E-state index in [0.29, 0.717) is 23.4 Å². The van der Waals surface area contributed by atoms with Crippen molar-refractivity contribution in [1.82, 2.24) is 20.2 Å². The van der Waals surface area contributed by atoms with Crippen molar-refractivity contribution in [3.05, 3.63) is 59.2 Å². The zero-order valence-corrected chi connectivity index (χ0v) is 16.6. The molecule has 1 aliphatic rings. The molecular weight excluding hydrogens is 354 g/mol. The van der Waals surface area contributed by atoms with Gasteiger partial charge in [-0.2, -0.15) is 0 Å². The highest BCUT2D eigenvalue weighted by Gasteiger charge is 2.31. The molecule has 1 aromatic heterocycles. The lowest BCUT2D eigenvalue weighted by Crippen LogP contribution is -2.28. The minimum absolute atomic E-state index is 0.000770. The summed E-state index contributed by atoms with van der Waals surface area (Å²) >= 11 is 0. The average Bonchev–Trinajstić information content (AvgIpc) is 3.21. The summed E-state index contributed by atoms with van der Waals surface area (Å²) in [5.41, 5.74) is 3.64. The fourth-order valence-electron chi connectivity index (χ4n) is 3.71. The van der Waals surface area contributed by atoms with Crippen molar-refractivity contribution in [1.29, 1.82) is 0 Å². The van der Waals surface area contributed by atoms with Crippen LogP contribution in [0.5, 0.6) is 11.5 Å². The Kier molecular flexibility index (Phi) is 4.90. The second-order valence-corrected chi connectivity index (χ2v) is 7.33. The quantitative estimate of drug-likeness (QED) is 0.723. The fourth-order valence-corrected chi connectivity index (χ4v) is 3.71. The molecule has 2 heterocycles. The van der Waals surface area contributed by atoms with Crippen LogP contribution in [0.15, 0.2) is 42.5 Å². The van der Waals surface area contributed by atoms with Crippen LogP contribution in [0.1, 0.15) is 55.0 Å². The Bertz CT molecular complexity index is 952. The van der Waals surface area contributed by atoms with E-state index in [-0.39, 0.29) is 12.1 Å². The summed E-state index contributed by atoms with van der Waals surface area (Å²) in [6, 6.07) is 14.9. The highest BCUT2D eigenvalue weighted by molar-refractivity contribution is 5.46. The molecule has 0 amide bonds. The van der Waals surface area contributed by atoms with Crippen molar-refractivity contribution >= 4 is 5.95 Å². The van der Waals surface area contributed by atoms with E-state index in [1.54, 1.807) is 14.2 Å². The van der Waals surface area contributed by atoms with Crippen LogP contribution in [0.2, 0.25) is 0 Å². The predicted molar refractivity (Wildman–Crippen MR) is 107 cm³/mol. The number of benzene rings is 2. The molecular formula is C21H25N5O2. The van der Waals surface area contributed by atoms with Gasteiger partial charge in [-0.3, -0.25) is 0 Å². The van der Waals surface area contributed by atoms with Crippen molar-refractivity contribution in [3.8, 4) is 11.5 Å². The van der Waals surface area contributed by atoms with E-state index >= 15 is 0 Å². The van der Waals surface area contributed by atoms with Gasteiger partial charge in [-0.05, 0) is 51.6 Å². The van der Waals surface area contributed by atoms with Crippen LogP contribution in [0, 0.1) is 0 Å². The standard InChI is InChI=1S/C21H25N5O2/c1-13(2)14-5-7-15(8-6-14)17-12-18(26-21(22-17)23-24-25-26)16-9-10-19(27-3)20(11-16)28-4/h5-11,13,17-18H,12H2,1-4H3,(H,22,23,25). The van der Waals surface area contributed by atoms with Crippen molar-refractivity contribution in [3.63, 3.8) is 0 Å². The van der Waals surface area contributed by atoms with Crippen molar-refractivity contribution in [2.45, 2.75) is 38.3 Å². The molecule has 0 radical (unpaired) electrons. The Morgan fingerprint density at radius 2 is 1.71 bits per heavy atom. The lowest BCUT2D eigenvalue weighted by molar-refractivity contribution is 0.352. The van der Waals surface area contributed by atoms with Gasteiger partial charge < -0.3 is 14.8 Å². The van der Waals surface area contributed by atoms with E-state index in [2.05, 4.69) is 59.0 Å². The molecule has 7 nitrogen and oxygen atoms in total. The van der Waals surface area contributed by atoms with E-state index in [0.717, 1.165) is 12.0 Å². The summed E-state index contributed by atoms with van der Waals surface area (Å²) in [4.78, 5) is 0. The van der Waals surface area contributed by atoms with Gasteiger partial charge in [0.15, 0.2) is 11.5 Å². The molecule has 2 atom stereocenters. The normalized spacial score (nSPS) is 18.5. The first-order chi connectivity index (χ1) is 13.6. The van der Waals surface area contributed by atoms with E-state index in [1.807, 2.05) is 22.9 Å². The smallest absolute Gasteiger partial charge is 0.243 e. The Labute approximate surface area is 164 Å². The van der Waals surface area contributed by atoms with Crippen LogP contribution < -0.4 is 14.8 Å². The van der Waals surface area contributed by atoms with E-state index in [9.17, 15) is 0 Å². The molecule has 0 saturated carbocycles. The highest BCUT2D eigenvalue weighted by Crippen LogP contribution is 2.39. The van der Waals surface area contributed by atoms with Gasteiger partial charge in [0.25, 0.3) is 0 Å². The van der Waals surface area contributed by atoms with Crippen LogP contribution in [0.4, 0.5) is 5.95 Å². The fraction of sp³-hybridized carbons (Fsp3) is 0.381. The highest BCUT2D eigenvalue weighted by atomic mass is 16.5. The van der Waals surface area contributed by atoms with Gasteiger partial charge in [-0.25, -0.2) is 4.68 Å². The third kappa shape index (κ3) is 3.28. The molecule has 2 unspecified atom stereocenters. The minimum Gasteiger partial charge on any atom is -0.493 e. The summed E-state index contributed by atoms with van der Waals surface area (Å²) in [5, 5.41) is 15.7. The van der Waals surface area contributed by atoms with E-state index < -0.39 is 0 Å². The summed E-state index contributed by atoms with van der Waals surface area (Å²) in [6.45, 7) is 4.41. The molecule has 0 saturated heterocycles. The minimum atomic E-state index is 0.000770. The van der Waals surface area contributed by atoms with Crippen LogP contribution >= 0.6 is 0 Å². The van der Waals surface area contributed by atoms with Crippen molar-refractivity contribution < 1.29 is 9.47 Å². The zero-order chi connectivity index (χ0) is 19.7. The maximum absolute atomic E-state index is 5.48. The lowest BCUT2D eigenvalue weighted by Gasteiger charge is -2.31. The lowest BCUT2D eigenvalue weighted by atomic mass is 9.92. The molecule has 2 aromatic carbocycles. The van der Waals surface area contributed by atoms with E-state index in [4.69, 9.17) is 9.47 Å². The molecule has 7 heteroatoms. The van der Waals surface area contributed by atoms with E-state index in [1.165, 1.54) is 11.1 Å². The van der Waals surface area contributed by atoms with Crippen molar-refractivity contribution in [2.75, 3.05) is 19.5 Å². The second kappa shape index (κ2) is 7.50. The first kappa shape index (κ1) is 18.3. The topological polar surface area (TPSA) is 74.1 Å². The monoisotopic (exact) mass is 379 g/mol. The van der Waals surface area contributed by atoms with Gasteiger partial charge in [0, 0.05) is 0 Å². The Hall–Kier alpha value is -3.09. The van der Waals surface area contributed by atoms with Crippen LogP contribution in [-0.4, -0.2) is 34.4 Å². The van der Waals surface area contributed by atoms with Crippen LogP contribution in [-0.2, 0) is 0 Å². The number of aromatic nitrogens is 4. The third-order valence-corrected chi connectivity index (χ3v) is 5.35. The molecule has 0 aliphatic carbocycles. The molecule has 4 rings (SSSR count). The first-order valence-electron chi connectivity index (χ1n) is 9.47. The zero-order valence-electron chi connectivity index (χ0n) is 16.6. The number of anilines is 1. The first-order valence-corrected chi connectivity index (χ1v) is 9.47. The Morgan fingerprint density at radius 1 is 1.00 bits per heavy atom. The van der Waals surface area contributed by atoms with Crippen molar-refractivity contribution in [2.24, 2.45) is 0 Å². The molecule has 0 bridgehead atoms. The molecule has 28 heavy (non-hydrogen) atoms. The van der Waals surface area contributed by atoms with Gasteiger partial charge in [0.05, 0.1) is 26.3 Å². The average molecular weight is 379 g/mol. The molecule has 3 aromatic rings. The number of fused-ring (bicyclic) bond motifs is 1. The number of rotatable bonds is 5. The molecule has 1 aliphatic heterocycles. The Balaban J connectivity index is 1.68. The number of tetrazole rings is 1. The number of hydrogen-bond donors (Lipinski definition) is 1.